The molecule has 3 aromatic carbocycles. The standard InChI is InChI=1S/C31H37NO/c1-19-15-20(29(2,3)4)9-12-26(19)32-21-10-11-22-23-17-24-25(18-28(23)33-27(22)16-21)31(7,8)14-13-30(24,5)6/h9-12,15-18,32H,13-14H2,1-8H3. The van der Waals surface area contributed by atoms with Crippen molar-refractivity contribution in [1.29, 1.82) is 0 Å². The second-order valence-corrected chi connectivity index (χ2v) is 12.4. The molecule has 0 unspecified atom stereocenters. The second-order valence-electron chi connectivity index (χ2n) is 12.4. The minimum absolute atomic E-state index is 0.152. The first-order chi connectivity index (χ1) is 15.3. The monoisotopic (exact) mass is 439 g/mol. The fourth-order valence-electron chi connectivity index (χ4n) is 5.34. The highest BCUT2D eigenvalue weighted by Crippen LogP contribution is 2.48. The summed E-state index contributed by atoms with van der Waals surface area (Å²) in [7, 11) is 0. The normalized spacial score (nSPS) is 17.3. The average molecular weight is 440 g/mol. The van der Waals surface area contributed by atoms with Gasteiger partial charge in [0.15, 0.2) is 0 Å². The van der Waals surface area contributed by atoms with Crippen molar-refractivity contribution in [2.24, 2.45) is 0 Å². The smallest absolute Gasteiger partial charge is 0.137 e. The van der Waals surface area contributed by atoms with Crippen LogP contribution in [0.5, 0.6) is 0 Å². The zero-order chi connectivity index (χ0) is 23.8. The van der Waals surface area contributed by atoms with Crippen molar-refractivity contribution in [2.75, 3.05) is 5.32 Å². The number of benzene rings is 3. The van der Waals surface area contributed by atoms with E-state index in [-0.39, 0.29) is 16.2 Å². The van der Waals surface area contributed by atoms with E-state index in [1.54, 1.807) is 0 Å². The number of hydrogen-bond donors (Lipinski definition) is 1. The lowest BCUT2D eigenvalue weighted by molar-refractivity contribution is 0.332. The third kappa shape index (κ3) is 3.74. The van der Waals surface area contributed by atoms with Crippen molar-refractivity contribution in [3.8, 4) is 0 Å². The molecule has 33 heavy (non-hydrogen) atoms. The molecule has 0 saturated carbocycles. The van der Waals surface area contributed by atoms with Gasteiger partial charge in [-0.15, -0.1) is 0 Å². The van der Waals surface area contributed by atoms with Crippen molar-refractivity contribution >= 4 is 33.3 Å². The second kappa shape index (κ2) is 7.13. The molecule has 0 aliphatic heterocycles. The molecule has 0 spiro atoms. The topological polar surface area (TPSA) is 25.2 Å². The van der Waals surface area contributed by atoms with Gasteiger partial charge in [0.1, 0.15) is 11.2 Å². The Morgan fingerprint density at radius 1 is 0.758 bits per heavy atom. The summed E-state index contributed by atoms with van der Waals surface area (Å²) in [5.74, 6) is 0. The summed E-state index contributed by atoms with van der Waals surface area (Å²) in [6, 6.07) is 17.9. The Kier molecular flexibility index (Phi) is 4.77. The first-order valence-corrected chi connectivity index (χ1v) is 12.2. The molecule has 1 aliphatic rings. The quantitative estimate of drug-likeness (QED) is 0.336. The molecule has 1 aromatic heterocycles. The fourth-order valence-corrected chi connectivity index (χ4v) is 5.34. The molecule has 1 N–H and O–H groups in total. The summed E-state index contributed by atoms with van der Waals surface area (Å²) >= 11 is 0. The Balaban J connectivity index is 1.56. The van der Waals surface area contributed by atoms with Gasteiger partial charge in [-0.05, 0) is 88.6 Å². The van der Waals surface area contributed by atoms with Crippen molar-refractivity contribution < 1.29 is 4.42 Å². The maximum Gasteiger partial charge on any atom is 0.137 e. The van der Waals surface area contributed by atoms with E-state index in [1.165, 1.54) is 45.9 Å². The van der Waals surface area contributed by atoms with Crippen LogP contribution in [0.25, 0.3) is 21.9 Å². The molecule has 172 valence electrons. The lowest BCUT2D eigenvalue weighted by Crippen LogP contribution is -2.33. The molecular formula is C31H37NO. The van der Waals surface area contributed by atoms with Gasteiger partial charge in [0.05, 0.1) is 0 Å². The van der Waals surface area contributed by atoms with Crippen LogP contribution in [0.15, 0.2) is 52.9 Å². The van der Waals surface area contributed by atoms with Crippen LogP contribution >= 0.6 is 0 Å². The van der Waals surface area contributed by atoms with Gasteiger partial charge in [0.25, 0.3) is 0 Å². The van der Waals surface area contributed by atoms with E-state index >= 15 is 0 Å². The van der Waals surface area contributed by atoms with E-state index in [9.17, 15) is 0 Å². The van der Waals surface area contributed by atoms with Crippen LogP contribution in [0.3, 0.4) is 0 Å². The van der Waals surface area contributed by atoms with Crippen LogP contribution in [0, 0.1) is 6.92 Å². The Bertz CT molecular complexity index is 1380. The van der Waals surface area contributed by atoms with Crippen LogP contribution in [0.1, 0.15) is 83.6 Å². The fraction of sp³-hybridized carbons (Fsp3) is 0.419. The SMILES string of the molecule is Cc1cc(C(C)(C)C)ccc1Nc1ccc2c(c1)oc1cc3c(cc12)C(C)(C)CCC3(C)C. The van der Waals surface area contributed by atoms with Crippen molar-refractivity contribution in [2.45, 2.75) is 84.5 Å². The van der Waals surface area contributed by atoms with Gasteiger partial charge in [-0.3, -0.25) is 0 Å². The molecule has 5 rings (SSSR count). The van der Waals surface area contributed by atoms with Gasteiger partial charge in [0.2, 0.25) is 0 Å². The number of anilines is 2. The van der Waals surface area contributed by atoms with Gasteiger partial charge in [0, 0.05) is 28.2 Å². The highest BCUT2D eigenvalue weighted by atomic mass is 16.3. The third-order valence-corrected chi connectivity index (χ3v) is 7.82. The Labute approximate surface area is 198 Å². The maximum absolute atomic E-state index is 6.41. The third-order valence-electron chi connectivity index (χ3n) is 7.82. The van der Waals surface area contributed by atoms with Crippen LogP contribution in [0.2, 0.25) is 0 Å². The van der Waals surface area contributed by atoms with Crippen LogP contribution in [-0.4, -0.2) is 0 Å². The summed E-state index contributed by atoms with van der Waals surface area (Å²) in [5, 5.41) is 6.03. The van der Waals surface area contributed by atoms with Gasteiger partial charge in [-0.2, -0.15) is 0 Å². The number of hydrogen-bond acceptors (Lipinski definition) is 2. The van der Waals surface area contributed by atoms with E-state index in [2.05, 4.69) is 109 Å². The first kappa shape index (κ1) is 22.1. The molecule has 4 aromatic rings. The first-order valence-electron chi connectivity index (χ1n) is 12.2. The molecule has 2 nitrogen and oxygen atoms in total. The Morgan fingerprint density at radius 2 is 1.39 bits per heavy atom. The van der Waals surface area contributed by atoms with Crippen molar-refractivity contribution in [1.82, 2.24) is 0 Å². The molecule has 0 fully saturated rings. The van der Waals surface area contributed by atoms with E-state index in [0.717, 1.165) is 22.5 Å². The minimum atomic E-state index is 0.152. The number of rotatable bonds is 2. The summed E-state index contributed by atoms with van der Waals surface area (Å²) < 4.78 is 6.41. The lowest BCUT2D eigenvalue weighted by atomic mass is 9.63. The maximum atomic E-state index is 6.41. The summed E-state index contributed by atoms with van der Waals surface area (Å²) in [6.07, 6.45) is 2.43. The summed E-state index contributed by atoms with van der Waals surface area (Å²) in [4.78, 5) is 0. The largest absolute Gasteiger partial charge is 0.456 e. The number of nitrogens with one attached hydrogen (secondary N) is 1. The molecule has 0 atom stereocenters. The molecule has 1 heterocycles. The number of furan rings is 1. The zero-order valence-electron chi connectivity index (χ0n) is 21.4. The van der Waals surface area contributed by atoms with E-state index in [4.69, 9.17) is 4.42 Å². The molecule has 0 amide bonds. The lowest BCUT2D eigenvalue weighted by Gasteiger charge is -2.41. The van der Waals surface area contributed by atoms with Gasteiger partial charge in [-0.1, -0.05) is 60.6 Å². The van der Waals surface area contributed by atoms with E-state index < -0.39 is 0 Å². The highest BCUT2D eigenvalue weighted by molar-refractivity contribution is 6.06. The number of fused-ring (bicyclic) bond motifs is 4. The summed E-state index contributed by atoms with van der Waals surface area (Å²) in [6.45, 7) is 18.4. The molecule has 0 saturated heterocycles. The Morgan fingerprint density at radius 3 is 2.03 bits per heavy atom. The van der Waals surface area contributed by atoms with Crippen molar-refractivity contribution in [3.63, 3.8) is 0 Å². The van der Waals surface area contributed by atoms with E-state index in [1.807, 2.05) is 0 Å². The minimum Gasteiger partial charge on any atom is -0.456 e. The number of aryl methyl sites for hydroxylation is 1. The average Bonchev–Trinajstić information content (AvgIpc) is 3.08. The Hall–Kier alpha value is -2.74. The molecule has 1 aliphatic carbocycles. The molecule has 2 heteroatoms. The van der Waals surface area contributed by atoms with Crippen molar-refractivity contribution in [3.05, 3.63) is 70.8 Å². The van der Waals surface area contributed by atoms with Crippen LogP contribution in [0.4, 0.5) is 11.4 Å². The highest BCUT2D eigenvalue weighted by Gasteiger charge is 2.37. The van der Waals surface area contributed by atoms with Gasteiger partial charge in [-0.25, -0.2) is 0 Å². The van der Waals surface area contributed by atoms with Crippen LogP contribution in [-0.2, 0) is 16.2 Å². The zero-order valence-corrected chi connectivity index (χ0v) is 21.4. The van der Waals surface area contributed by atoms with E-state index in [0.29, 0.717) is 0 Å². The van der Waals surface area contributed by atoms with Crippen LogP contribution < -0.4 is 5.32 Å². The molecule has 0 bridgehead atoms. The van der Waals surface area contributed by atoms with Gasteiger partial charge < -0.3 is 9.73 Å². The predicted molar refractivity (Wildman–Crippen MR) is 142 cm³/mol. The molecule has 0 radical (unpaired) electrons. The molecular weight excluding hydrogens is 402 g/mol. The summed E-state index contributed by atoms with van der Waals surface area (Å²) in [5.41, 5.74) is 10.2. The van der Waals surface area contributed by atoms with Gasteiger partial charge >= 0.3 is 0 Å². The predicted octanol–water partition coefficient (Wildman–Crippen LogP) is 9.28.